The van der Waals surface area contributed by atoms with Crippen LogP contribution in [0.5, 0.6) is 0 Å². The highest BCUT2D eigenvalue weighted by atomic mass is 16.5. The minimum absolute atomic E-state index is 0.264. The van der Waals surface area contributed by atoms with E-state index in [-0.39, 0.29) is 6.54 Å². The number of aliphatic hydroxyl groups excluding tert-OH is 1. The van der Waals surface area contributed by atoms with E-state index in [4.69, 9.17) is 9.15 Å². The second kappa shape index (κ2) is 11.2. The Morgan fingerprint density at radius 1 is 1.36 bits per heavy atom. The van der Waals surface area contributed by atoms with Gasteiger partial charge >= 0.3 is 0 Å². The van der Waals surface area contributed by atoms with Crippen LogP contribution in [0.3, 0.4) is 0 Å². The summed E-state index contributed by atoms with van der Waals surface area (Å²) in [5.74, 6) is 1.95. The first-order valence-electron chi connectivity index (χ1n) is 9.59. The van der Waals surface area contributed by atoms with Crippen molar-refractivity contribution in [3.63, 3.8) is 0 Å². The van der Waals surface area contributed by atoms with Crippen molar-refractivity contribution in [2.45, 2.75) is 58.2 Å². The zero-order valence-electron chi connectivity index (χ0n) is 15.5. The van der Waals surface area contributed by atoms with Crippen molar-refractivity contribution in [2.75, 3.05) is 26.2 Å². The number of nitrogens with zero attached hydrogens (tertiary/aromatic N) is 1. The molecule has 1 saturated carbocycles. The van der Waals surface area contributed by atoms with Gasteiger partial charge < -0.3 is 24.9 Å². The van der Waals surface area contributed by atoms with Crippen molar-refractivity contribution in [3.05, 3.63) is 24.2 Å². The molecule has 6 heteroatoms. The number of hydrogen-bond donors (Lipinski definition) is 3. The van der Waals surface area contributed by atoms with Gasteiger partial charge in [-0.15, -0.1) is 0 Å². The van der Waals surface area contributed by atoms with Gasteiger partial charge in [-0.2, -0.15) is 0 Å². The van der Waals surface area contributed by atoms with E-state index < -0.39 is 6.10 Å². The predicted molar refractivity (Wildman–Crippen MR) is 99.6 cm³/mol. The Hall–Kier alpha value is -1.53. The molecule has 1 aromatic rings. The highest BCUT2D eigenvalue weighted by molar-refractivity contribution is 5.79. The molecule has 1 aliphatic carbocycles. The lowest BCUT2D eigenvalue weighted by atomic mass is 9.98. The fraction of sp³-hybridized carbons (Fsp3) is 0.737. The van der Waals surface area contributed by atoms with Crippen molar-refractivity contribution in [3.8, 4) is 0 Å². The van der Waals surface area contributed by atoms with Gasteiger partial charge in [0, 0.05) is 19.7 Å². The van der Waals surface area contributed by atoms with Crippen LogP contribution in [0.4, 0.5) is 0 Å². The summed E-state index contributed by atoms with van der Waals surface area (Å²) in [4.78, 5) is 4.45. The molecule has 25 heavy (non-hydrogen) atoms. The number of aliphatic hydroxyl groups is 1. The molecule has 0 aliphatic heterocycles. The highest BCUT2D eigenvalue weighted by Crippen LogP contribution is 2.30. The largest absolute Gasteiger partial charge is 0.467 e. The van der Waals surface area contributed by atoms with Gasteiger partial charge in [0.05, 0.1) is 18.9 Å². The monoisotopic (exact) mass is 351 g/mol. The number of rotatable bonds is 10. The number of nitrogens with one attached hydrogen (secondary N) is 2. The lowest BCUT2D eigenvalue weighted by Gasteiger charge is -2.24. The molecule has 142 valence electrons. The zero-order chi connectivity index (χ0) is 17.9. The second-order valence-electron chi connectivity index (χ2n) is 6.50. The molecule has 0 aromatic carbocycles. The number of aliphatic imine (C=N–C) groups is 1. The van der Waals surface area contributed by atoms with Crippen LogP contribution in [0.15, 0.2) is 27.8 Å². The van der Waals surface area contributed by atoms with E-state index in [1.807, 2.05) is 6.92 Å². The first-order valence-corrected chi connectivity index (χ1v) is 9.59. The third-order valence-corrected chi connectivity index (χ3v) is 4.67. The molecule has 3 N–H and O–H groups in total. The molecule has 2 atom stereocenters. The first-order chi connectivity index (χ1) is 12.2. The van der Waals surface area contributed by atoms with Gasteiger partial charge in [-0.05, 0) is 51.2 Å². The second-order valence-corrected chi connectivity index (χ2v) is 6.50. The van der Waals surface area contributed by atoms with Crippen LogP contribution in [-0.2, 0) is 4.74 Å². The van der Waals surface area contributed by atoms with Crippen molar-refractivity contribution >= 4 is 5.96 Å². The third kappa shape index (κ3) is 6.71. The van der Waals surface area contributed by atoms with E-state index in [1.54, 1.807) is 18.4 Å². The van der Waals surface area contributed by atoms with Gasteiger partial charge in [-0.1, -0.05) is 12.8 Å². The molecule has 0 saturated heterocycles. The smallest absolute Gasteiger partial charge is 0.191 e. The molecule has 0 radical (unpaired) electrons. The minimum atomic E-state index is -0.722. The molecule has 1 aromatic heterocycles. The quantitative estimate of drug-likeness (QED) is 0.446. The van der Waals surface area contributed by atoms with Gasteiger partial charge in [0.1, 0.15) is 11.9 Å². The van der Waals surface area contributed by atoms with Crippen LogP contribution >= 0.6 is 0 Å². The maximum atomic E-state index is 10.1. The van der Waals surface area contributed by atoms with Gasteiger partial charge in [0.15, 0.2) is 5.96 Å². The summed E-state index contributed by atoms with van der Waals surface area (Å²) in [6.45, 7) is 6.72. The van der Waals surface area contributed by atoms with Crippen molar-refractivity contribution in [1.29, 1.82) is 0 Å². The molecule has 1 heterocycles. The molecular formula is C19H33N3O3. The van der Waals surface area contributed by atoms with Gasteiger partial charge in [-0.3, -0.25) is 4.99 Å². The average Bonchev–Trinajstić information content (AvgIpc) is 3.32. The third-order valence-electron chi connectivity index (χ3n) is 4.67. The summed E-state index contributed by atoms with van der Waals surface area (Å²) >= 11 is 0. The lowest BCUT2D eigenvalue weighted by Crippen LogP contribution is -2.39. The average molecular weight is 351 g/mol. The standard InChI is InChI=1S/C19H33N3O3/c1-3-20-19(22-14-16(23)18-10-7-13-25-18)21-12-11-17(24-4-2)15-8-5-6-9-15/h7,10,13,15-17,23H,3-6,8-9,11-12,14H2,1-2H3,(H2,20,21,22). The fourth-order valence-corrected chi connectivity index (χ4v) is 3.42. The topological polar surface area (TPSA) is 79.0 Å². The van der Waals surface area contributed by atoms with E-state index in [0.29, 0.717) is 17.8 Å². The molecule has 2 unspecified atom stereocenters. The van der Waals surface area contributed by atoms with Gasteiger partial charge in [0.2, 0.25) is 0 Å². The molecule has 0 spiro atoms. The van der Waals surface area contributed by atoms with Crippen LogP contribution in [-0.4, -0.2) is 43.4 Å². The summed E-state index contributed by atoms with van der Waals surface area (Å²) in [5.41, 5.74) is 0. The Balaban J connectivity index is 1.80. The van der Waals surface area contributed by atoms with E-state index >= 15 is 0 Å². The van der Waals surface area contributed by atoms with Crippen LogP contribution in [0, 0.1) is 5.92 Å². The highest BCUT2D eigenvalue weighted by Gasteiger charge is 2.25. The molecular weight excluding hydrogens is 318 g/mol. The van der Waals surface area contributed by atoms with Gasteiger partial charge in [0.25, 0.3) is 0 Å². The lowest BCUT2D eigenvalue weighted by molar-refractivity contribution is 0.0169. The van der Waals surface area contributed by atoms with Gasteiger partial charge in [-0.25, -0.2) is 0 Å². The number of ether oxygens (including phenoxy) is 1. The Labute approximate surface area is 151 Å². The Bertz CT molecular complexity index is 484. The summed E-state index contributed by atoms with van der Waals surface area (Å²) < 4.78 is 11.2. The number of guanidine groups is 1. The maximum absolute atomic E-state index is 10.1. The van der Waals surface area contributed by atoms with Crippen LogP contribution < -0.4 is 10.6 Å². The molecule has 0 amide bonds. The normalized spacial score (nSPS) is 18.3. The summed E-state index contributed by atoms with van der Waals surface area (Å²) in [6.07, 6.45) is 7.37. The summed E-state index contributed by atoms with van der Waals surface area (Å²) in [5, 5.41) is 16.6. The molecule has 1 aliphatic rings. The van der Waals surface area contributed by atoms with E-state index in [1.165, 1.54) is 25.7 Å². The maximum Gasteiger partial charge on any atom is 0.191 e. The zero-order valence-corrected chi connectivity index (χ0v) is 15.5. The van der Waals surface area contributed by atoms with Crippen LogP contribution in [0.2, 0.25) is 0 Å². The predicted octanol–water partition coefficient (Wildman–Crippen LogP) is 2.85. The minimum Gasteiger partial charge on any atom is -0.467 e. The molecule has 0 bridgehead atoms. The summed E-state index contributed by atoms with van der Waals surface area (Å²) in [6, 6.07) is 3.53. The van der Waals surface area contributed by atoms with E-state index in [0.717, 1.165) is 32.1 Å². The first kappa shape index (κ1) is 19.8. The van der Waals surface area contributed by atoms with E-state index in [2.05, 4.69) is 22.5 Å². The molecule has 1 fully saturated rings. The summed E-state index contributed by atoms with van der Waals surface area (Å²) in [7, 11) is 0. The van der Waals surface area contributed by atoms with E-state index in [9.17, 15) is 5.11 Å². The van der Waals surface area contributed by atoms with Crippen molar-refractivity contribution in [2.24, 2.45) is 10.9 Å². The SMILES string of the molecule is CCNC(=NCC(O)c1ccco1)NCCC(OCC)C1CCCC1. The molecule has 2 rings (SSSR count). The van der Waals surface area contributed by atoms with Crippen LogP contribution in [0.25, 0.3) is 0 Å². The Morgan fingerprint density at radius 3 is 2.80 bits per heavy atom. The number of furan rings is 1. The van der Waals surface area contributed by atoms with Crippen molar-refractivity contribution in [1.82, 2.24) is 10.6 Å². The van der Waals surface area contributed by atoms with Crippen molar-refractivity contribution < 1.29 is 14.3 Å². The number of hydrogen-bond acceptors (Lipinski definition) is 4. The van der Waals surface area contributed by atoms with Crippen LogP contribution in [0.1, 0.15) is 57.8 Å². The Morgan fingerprint density at radius 2 is 2.16 bits per heavy atom. The molecule has 6 nitrogen and oxygen atoms in total. The Kier molecular flexibility index (Phi) is 8.83. The fourth-order valence-electron chi connectivity index (χ4n) is 3.42.